The quantitative estimate of drug-likeness (QED) is 0.866. The molecule has 1 nitrogen and oxygen atoms in total. The molecule has 0 amide bonds. The van der Waals surface area contributed by atoms with Gasteiger partial charge in [-0.3, -0.25) is 0 Å². The van der Waals surface area contributed by atoms with Crippen LogP contribution in [0.4, 0.5) is 14.5 Å². The summed E-state index contributed by atoms with van der Waals surface area (Å²) in [5.74, 6) is -2.89. The molecule has 0 bridgehead atoms. The second-order valence-corrected chi connectivity index (χ2v) is 4.85. The van der Waals surface area contributed by atoms with E-state index in [4.69, 9.17) is 0 Å². The zero-order valence-electron chi connectivity index (χ0n) is 9.54. The average Bonchev–Trinajstić information content (AvgIpc) is 2.38. The van der Waals surface area contributed by atoms with E-state index in [-0.39, 0.29) is 5.56 Å². The van der Waals surface area contributed by atoms with Crippen molar-refractivity contribution in [2.45, 2.75) is 5.92 Å². The van der Waals surface area contributed by atoms with Crippen LogP contribution in [0.25, 0.3) is 0 Å². The molecule has 0 unspecified atom stereocenters. The fourth-order valence-electron chi connectivity index (χ4n) is 1.60. The summed E-state index contributed by atoms with van der Waals surface area (Å²) in [6.45, 7) is -0.423. The molecule has 0 radical (unpaired) electrons. The Labute approximate surface area is 113 Å². The van der Waals surface area contributed by atoms with Crippen molar-refractivity contribution >= 4 is 21.6 Å². The molecule has 0 fully saturated rings. The number of benzene rings is 2. The van der Waals surface area contributed by atoms with Gasteiger partial charge < -0.3 is 5.32 Å². The predicted molar refractivity (Wildman–Crippen MR) is 73.0 cm³/mol. The largest absolute Gasteiger partial charge is 0.379 e. The third kappa shape index (κ3) is 3.29. The molecule has 2 rings (SSSR count). The summed E-state index contributed by atoms with van der Waals surface area (Å²) in [7, 11) is 0. The van der Waals surface area contributed by atoms with Crippen molar-refractivity contribution in [1.29, 1.82) is 0 Å². The molecule has 0 spiro atoms. The zero-order chi connectivity index (χ0) is 13.0. The molecule has 0 aliphatic rings. The van der Waals surface area contributed by atoms with E-state index < -0.39 is 12.5 Å². The lowest BCUT2D eigenvalue weighted by molar-refractivity contribution is 0.0106. The molecular weight excluding hydrogens is 300 g/mol. The van der Waals surface area contributed by atoms with Crippen LogP contribution in [0.15, 0.2) is 59.1 Å². The number of rotatable bonds is 4. The Morgan fingerprint density at radius 3 is 2.39 bits per heavy atom. The molecular formula is C14H12BrF2N. The van der Waals surface area contributed by atoms with Crippen molar-refractivity contribution < 1.29 is 8.78 Å². The summed E-state index contributed by atoms with van der Waals surface area (Å²) >= 11 is 3.30. The van der Waals surface area contributed by atoms with Crippen molar-refractivity contribution in [3.8, 4) is 0 Å². The SMILES string of the molecule is FC(F)(CNc1cccc(Br)c1)c1ccccc1. The zero-order valence-corrected chi connectivity index (χ0v) is 11.1. The van der Waals surface area contributed by atoms with Crippen LogP contribution < -0.4 is 5.32 Å². The molecule has 0 aromatic heterocycles. The molecule has 0 heterocycles. The molecule has 94 valence electrons. The monoisotopic (exact) mass is 311 g/mol. The fourth-order valence-corrected chi connectivity index (χ4v) is 1.99. The number of hydrogen-bond acceptors (Lipinski definition) is 1. The Morgan fingerprint density at radius 1 is 1.00 bits per heavy atom. The van der Waals surface area contributed by atoms with Crippen LogP contribution in [0.2, 0.25) is 0 Å². The van der Waals surface area contributed by atoms with Gasteiger partial charge in [0.1, 0.15) is 0 Å². The van der Waals surface area contributed by atoms with Crippen LogP contribution >= 0.6 is 15.9 Å². The molecule has 0 aliphatic carbocycles. The van der Waals surface area contributed by atoms with Gasteiger partial charge in [-0.15, -0.1) is 0 Å². The van der Waals surface area contributed by atoms with Crippen molar-refractivity contribution in [3.05, 3.63) is 64.6 Å². The highest BCUT2D eigenvalue weighted by molar-refractivity contribution is 9.10. The summed E-state index contributed by atoms with van der Waals surface area (Å²) in [5, 5.41) is 2.74. The summed E-state index contributed by atoms with van der Waals surface area (Å²) in [4.78, 5) is 0. The highest BCUT2D eigenvalue weighted by atomic mass is 79.9. The van der Waals surface area contributed by atoms with Gasteiger partial charge in [-0.05, 0) is 18.2 Å². The normalized spacial score (nSPS) is 11.3. The van der Waals surface area contributed by atoms with Gasteiger partial charge in [0.25, 0.3) is 5.92 Å². The lowest BCUT2D eigenvalue weighted by Crippen LogP contribution is -2.24. The second kappa shape index (κ2) is 5.48. The van der Waals surface area contributed by atoms with E-state index in [2.05, 4.69) is 21.2 Å². The Balaban J connectivity index is 2.05. The van der Waals surface area contributed by atoms with E-state index >= 15 is 0 Å². The van der Waals surface area contributed by atoms with Crippen molar-refractivity contribution in [3.63, 3.8) is 0 Å². The lowest BCUT2D eigenvalue weighted by atomic mass is 10.1. The summed E-state index contributed by atoms with van der Waals surface area (Å²) < 4.78 is 28.6. The fraction of sp³-hybridized carbons (Fsp3) is 0.143. The molecule has 4 heteroatoms. The van der Waals surface area contributed by atoms with Crippen LogP contribution in [-0.4, -0.2) is 6.54 Å². The second-order valence-electron chi connectivity index (χ2n) is 3.93. The van der Waals surface area contributed by atoms with Crippen LogP contribution in [0.1, 0.15) is 5.56 Å². The van der Waals surface area contributed by atoms with Gasteiger partial charge >= 0.3 is 0 Å². The molecule has 0 saturated heterocycles. The van der Waals surface area contributed by atoms with E-state index in [1.165, 1.54) is 12.1 Å². The molecule has 18 heavy (non-hydrogen) atoms. The third-order valence-electron chi connectivity index (χ3n) is 2.54. The Hall–Kier alpha value is -1.42. The minimum Gasteiger partial charge on any atom is -0.379 e. The predicted octanol–water partition coefficient (Wildman–Crippen LogP) is 4.65. The van der Waals surface area contributed by atoms with Gasteiger partial charge in [-0.2, -0.15) is 8.78 Å². The Bertz CT molecular complexity index is 514. The van der Waals surface area contributed by atoms with Crippen LogP contribution in [0.3, 0.4) is 0 Å². The summed E-state index contributed by atoms with van der Waals surface area (Å²) in [5.41, 5.74) is 0.687. The highest BCUT2D eigenvalue weighted by Gasteiger charge is 2.30. The van der Waals surface area contributed by atoms with E-state index in [1.807, 2.05) is 6.07 Å². The minimum atomic E-state index is -2.89. The first kappa shape index (κ1) is 13.0. The molecule has 1 N–H and O–H groups in total. The number of hydrogen-bond donors (Lipinski definition) is 1. The lowest BCUT2D eigenvalue weighted by Gasteiger charge is -2.18. The van der Waals surface area contributed by atoms with Gasteiger partial charge in [0.2, 0.25) is 0 Å². The van der Waals surface area contributed by atoms with Crippen LogP contribution in [-0.2, 0) is 5.92 Å². The molecule has 0 aliphatic heterocycles. The summed E-state index contributed by atoms with van der Waals surface area (Å²) in [6, 6.07) is 15.0. The maximum absolute atomic E-state index is 13.9. The van der Waals surface area contributed by atoms with E-state index in [9.17, 15) is 8.78 Å². The average molecular weight is 312 g/mol. The number of halogens is 3. The summed E-state index contributed by atoms with van der Waals surface area (Å²) in [6.07, 6.45) is 0. The molecule has 0 saturated carbocycles. The first-order valence-electron chi connectivity index (χ1n) is 5.51. The molecule has 2 aromatic carbocycles. The van der Waals surface area contributed by atoms with Crippen LogP contribution in [0.5, 0.6) is 0 Å². The number of anilines is 1. The highest BCUT2D eigenvalue weighted by Crippen LogP contribution is 2.28. The van der Waals surface area contributed by atoms with E-state index in [1.54, 1.807) is 36.4 Å². The third-order valence-corrected chi connectivity index (χ3v) is 3.03. The maximum Gasteiger partial charge on any atom is 0.290 e. The van der Waals surface area contributed by atoms with Gasteiger partial charge in [0.15, 0.2) is 0 Å². The van der Waals surface area contributed by atoms with Gasteiger partial charge in [-0.25, -0.2) is 0 Å². The topological polar surface area (TPSA) is 12.0 Å². The van der Waals surface area contributed by atoms with Crippen molar-refractivity contribution in [2.75, 3.05) is 11.9 Å². The standard InChI is InChI=1S/C14H12BrF2N/c15-12-7-4-8-13(9-12)18-10-14(16,17)11-5-2-1-3-6-11/h1-9,18H,10H2. The first-order chi connectivity index (χ1) is 8.58. The van der Waals surface area contributed by atoms with Crippen molar-refractivity contribution in [1.82, 2.24) is 0 Å². The number of alkyl halides is 2. The Kier molecular flexibility index (Phi) is 3.97. The van der Waals surface area contributed by atoms with Crippen molar-refractivity contribution in [2.24, 2.45) is 0 Å². The van der Waals surface area contributed by atoms with Gasteiger partial charge in [0, 0.05) is 15.7 Å². The Morgan fingerprint density at radius 2 is 1.72 bits per heavy atom. The minimum absolute atomic E-state index is 0.0208. The number of nitrogens with one attached hydrogen (secondary N) is 1. The van der Waals surface area contributed by atoms with Gasteiger partial charge in [0.05, 0.1) is 6.54 Å². The molecule has 0 atom stereocenters. The van der Waals surface area contributed by atoms with Gasteiger partial charge in [-0.1, -0.05) is 52.3 Å². The van der Waals surface area contributed by atoms with E-state index in [0.717, 1.165) is 4.47 Å². The molecule has 2 aromatic rings. The van der Waals surface area contributed by atoms with Crippen LogP contribution in [0, 0.1) is 0 Å². The van der Waals surface area contributed by atoms with E-state index in [0.29, 0.717) is 5.69 Å². The smallest absolute Gasteiger partial charge is 0.290 e. The maximum atomic E-state index is 13.9. The first-order valence-corrected chi connectivity index (χ1v) is 6.30.